The Bertz CT molecular complexity index is 2880. The number of nitrogens with zero attached hydrogens (tertiary/aromatic N) is 8. The van der Waals surface area contributed by atoms with E-state index in [0.717, 1.165) is 0 Å². The van der Waals surface area contributed by atoms with Gasteiger partial charge in [-0.3, -0.25) is 0 Å². The van der Waals surface area contributed by atoms with Gasteiger partial charge in [0.15, 0.2) is 0 Å². The fraction of sp³-hybridized carbons (Fsp3) is 0.0303. The minimum atomic E-state index is -4.37. The Morgan fingerprint density at radius 3 is 1.41 bits per heavy atom. The number of aliphatic imine (C=N–C) groups is 4. The SMILES string of the molecule is C=C(Cl)C1=C(C(=C)Cl)C2=Nc3c4cc(Cl)c(Cl)cc4c4[n]3[Tl]([O]C)[n]3c(c5cc(Cl)c(Cl)cc5c3=NC3=NC(=N4)c4c(Cl)ccc(Cl)c43)=NC1=N2. The molecule has 5 aromatic rings. The van der Waals surface area contributed by atoms with Gasteiger partial charge < -0.3 is 0 Å². The molecule has 2 aromatic heterocycles. The van der Waals surface area contributed by atoms with Crippen LogP contribution in [0.25, 0.3) is 21.5 Å². The van der Waals surface area contributed by atoms with Crippen LogP contribution in [-0.2, 0) is 2.69 Å². The number of hydrogen-bond acceptors (Lipinski definition) is 7. The molecule has 0 atom stereocenters. The Morgan fingerprint density at radius 2 is 0.941 bits per heavy atom. The molecule has 0 radical (unpaired) electrons. The molecule has 6 bridgehead atoms. The van der Waals surface area contributed by atoms with Crippen LogP contribution in [0.5, 0.6) is 0 Å². The molecule has 0 N–H and O–H groups in total. The molecular weight excluding hydrogens is 1010 g/mol. The molecule has 250 valence electrons. The summed E-state index contributed by atoms with van der Waals surface area (Å²) >= 11 is 49.4. The number of rotatable bonds is 3. The second kappa shape index (κ2) is 12.2. The fourth-order valence-corrected chi connectivity index (χ4v) is 17.0. The average Bonchev–Trinajstić information content (AvgIpc) is 3.78. The van der Waals surface area contributed by atoms with Crippen LogP contribution < -0.4 is 11.0 Å². The van der Waals surface area contributed by atoms with Crippen LogP contribution in [0.4, 0.5) is 11.6 Å². The Labute approximate surface area is 337 Å². The van der Waals surface area contributed by atoms with E-state index in [1.165, 1.54) is 0 Å². The van der Waals surface area contributed by atoms with Crippen LogP contribution in [0.2, 0.25) is 30.1 Å². The second-order valence-electron chi connectivity index (χ2n) is 11.5. The standard InChI is InChI=1S/C32H10Cl8N8.CH3O.Tl/c1-9(33)21-22(10(2)34)30-44-26-12-6-18(38)20(40)8-14(12)28(42-26)46-32-24-16(36)4-3-15(35)23(24)31(48-32)45-27-13-7-19(39)17(37)5-11(13)25(41-27)43-29(21)47-30;1-2;/h3-8H,1-2H2;1H3;/q-2;-1;+3. The summed E-state index contributed by atoms with van der Waals surface area (Å²) in [5.74, 6) is 1.73. The Hall–Kier alpha value is -2.56. The van der Waals surface area contributed by atoms with Crippen molar-refractivity contribution in [1.29, 1.82) is 0 Å². The van der Waals surface area contributed by atoms with Gasteiger partial charge in [0.1, 0.15) is 0 Å². The van der Waals surface area contributed by atoms with Crippen molar-refractivity contribution in [3.63, 3.8) is 0 Å². The zero-order valence-electron chi connectivity index (χ0n) is 25.5. The van der Waals surface area contributed by atoms with Gasteiger partial charge >= 0.3 is 341 Å². The van der Waals surface area contributed by atoms with Crippen LogP contribution in [0.3, 0.4) is 0 Å². The molecule has 0 saturated carbocycles. The first-order chi connectivity index (χ1) is 24.4. The first-order valence-corrected chi connectivity index (χ1v) is 23.5. The van der Waals surface area contributed by atoms with Gasteiger partial charge in [0.2, 0.25) is 0 Å². The molecular formula is C33H13Cl8N8OTl. The number of aromatic nitrogens is 2. The molecule has 0 saturated heterocycles. The third kappa shape index (κ3) is 4.97. The summed E-state index contributed by atoms with van der Waals surface area (Å²) in [6.45, 7) is 7.99. The summed E-state index contributed by atoms with van der Waals surface area (Å²) in [6.07, 6.45) is 0. The van der Waals surface area contributed by atoms with Crippen molar-refractivity contribution in [3.8, 4) is 0 Å². The van der Waals surface area contributed by atoms with E-state index in [0.29, 0.717) is 86.5 Å². The van der Waals surface area contributed by atoms with Crippen LogP contribution in [0.15, 0.2) is 101 Å². The summed E-state index contributed by atoms with van der Waals surface area (Å²) < 4.78 is 10.5. The van der Waals surface area contributed by atoms with Crippen molar-refractivity contribution in [2.45, 2.75) is 0 Å². The molecule has 6 heterocycles. The van der Waals surface area contributed by atoms with E-state index < -0.39 is 23.8 Å². The molecule has 0 aliphatic carbocycles. The van der Waals surface area contributed by atoms with E-state index in [9.17, 15) is 0 Å². The van der Waals surface area contributed by atoms with Crippen molar-refractivity contribution in [2.24, 2.45) is 30.0 Å². The first kappa shape index (κ1) is 34.2. The fourth-order valence-electron chi connectivity index (χ4n) is 6.63. The molecule has 9 rings (SSSR count). The van der Waals surface area contributed by atoms with Crippen LogP contribution in [0, 0.1) is 0 Å². The molecule has 0 amide bonds. The van der Waals surface area contributed by atoms with Crippen molar-refractivity contribution in [3.05, 3.63) is 123 Å². The van der Waals surface area contributed by atoms with E-state index in [1.807, 2.05) is 4.75 Å². The third-order valence-electron chi connectivity index (χ3n) is 8.71. The van der Waals surface area contributed by atoms with Gasteiger partial charge in [0, 0.05) is 0 Å². The van der Waals surface area contributed by atoms with Crippen LogP contribution in [-0.4, -0.2) is 59.0 Å². The predicted molar refractivity (Wildman–Crippen MR) is 211 cm³/mol. The summed E-state index contributed by atoms with van der Waals surface area (Å²) in [5, 5.41) is 4.52. The number of fused-ring (bicyclic) bond motifs is 11. The van der Waals surface area contributed by atoms with Crippen LogP contribution >= 0.6 is 92.8 Å². The summed E-state index contributed by atoms with van der Waals surface area (Å²) in [5.41, 5.74) is 2.51. The Balaban J connectivity index is 1.62. The van der Waals surface area contributed by atoms with Crippen LogP contribution in [0.1, 0.15) is 11.1 Å². The van der Waals surface area contributed by atoms with E-state index >= 15 is 0 Å². The van der Waals surface area contributed by atoms with E-state index in [-0.39, 0.29) is 43.5 Å². The topological polar surface area (TPSA) is 93.2 Å². The summed E-state index contributed by atoms with van der Waals surface area (Å²) in [4.78, 5) is 30.4. The summed E-state index contributed by atoms with van der Waals surface area (Å²) in [7, 11) is 1.62. The normalized spacial score (nSPS) is 15.7. The molecule has 18 heteroatoms. The quantitative estimate of drug-likeness (QED) is 0.166. The molecule has 9 nitrogen and oxygen atoms in total. The molecule has 3 aromatic carbocycles. The maximum absolute atomic E-state index is 6.85. The zero-order chi connectivity index (χ0) is 35.8. The maximum atomic E-state index is 6.85. The molecule has 0 unspecified atom stereocenters. The van der Waals surface area contributed by atoms with Gasteiger partial charge in [0.25, 0.3) is 0 Å². The van der Waals surface area contributed by atoms with Gasteiger partial charge in [-0.2, -0.15) is 0 Å². The van der Waals surface area contributed by atoms with Gasteiger partial charge in [-0.15, -0.1) is 0 Å². The molecule has 0 spiro atoms. The van der Waals surface area contributed by atoms with Gasteiger partial charge in [-0.05, 0) is 0 Å². The Morgan fingerprint density at radius 1 is 0.549 bits per heavy atom. The first-order valence-electron chi connectivity index (χ1n) is 14.7. The predicted octanol–water partition coefficient (Wildman–Crippen LogP) is 9.89. The van der Waals surface area contributed by atoms with E-state index in [1.54, 1.807) is 43.5 Å². The van der Waals surface area contributed by atoms with E-state index in [4.69, 9.17) is 125 Å². The van der Waals surface area contributed by atoms with Crippen molar-refractivity contribution < 1.29 is 2.69 Å². The monoisotopic (exact) mass is 1020 g/mol. The Kier molecular flexibility index (Phi) is 8.21. The zero-order valence-corrected chi connectivity index (χ0v) is 36.0. The molecule has 51 heavy (non-hydrogen) atoms. The van der Waals surface area contributed by atoms with Gasteiger partial charge in [-0.25, -0.2) is 0 Å². The van der Waals surface area contributed by atoms with E-state index in [2.05, 4.69) is 13.2 Å². The molecule has 4 aliphatic rings. The van der Waals surface area contributed by atoms with Crippen molar-refractivity contribution >= 4 is 173 Å². The number of hydrogen-bond donors (Lipinski definition) is 0. The van der Waals surface area contributed by atoms with Crippen molar-refractivity contribution in [2.75, 3.05) is 7.11 Å². The summed E-state index contributed by atoms with van der Waals surface area (Å²) in [6, 6.07) is 10.2. The number of amidine groups is 4. The van der Waals surface area contributed by atoms with Crippen molar-refractivity contribution in [1.82, 2.24) is 4.75 Å². The molecule has 4 aliphatic heterocycles. The minimum absolute atomic E-state index is 0.120. The number of halogens is 8. The third-order valence-corrected chi connectivity index (χ3v) is 20.0. The average molecular weight is 1030 g/mol. The molecule has 0 fully saturated rings. The van der Waals surface area contributed by atoms with Gasteiger partial charge in [0.05, 0.1) is 0 Å². The second-order valence-corrected chi connectivity index (χ2v) is 23.3. The van der Waals surface area contributed by atoms with Gasteiger partial charge in [-0.1, -0.05) is 0 Å². The number of benzene rings is 3.